The third-order valence-electron chi connectivity index (χ3n) is 5.29. The van der Waals surface area contributed by atoms with Crippen molar-refractivity contribution in [2.24, 2.45) is 5.92 Å². The lowest BCUT2D eigenvalue weighted by Gasteiger charge is -2.46. The Kier molecular flexibility index (Phi) is 4.09. The fraction of sp³-hybridized carbons (Fsp3) is 0.647. The minimum atomic E-state index is -0.494. The number of nitrogens with two attached hydrogens (primary N) is 1. The maximum atomic E-state index is 11.0. The van der Waals surface area contributed by atoms with Gasteiger partial charge in [-0.2, -0.15) is 0 Å². The summed E-state index contributed by atoms with van der Waals surface area (Å²) in [7, 11) is 3.40. The number of rotatable bonds is 3. The molecule has 0 radical (unpaired) electrons. The van der Waals surface area contributed by atoms with Crippen LogP contribution in [0.5, 0.6) is 11.5 Å². The van der Waals surface area contributed by atoms with Crippen LogP contribution in [0.15, 0.2) is 18.2 Å². The van der Waals surface area contributed by atoms with Gasteiger partial charge in [-0.15, -0.1) is 0 Å². The van der Waals surface area contributed by atoms with Crippen LogP contribution in [0, 0.1) is 5.92 Å². The summed E-state index contributed by atoms with van der Waals surface area (Å²) in [5.41, 5.74) is 0.660. The molecule has 1 aliphatic heterocycles. The lowest BCUT2D eigenvalue weighted by Crippen LogP contribution is -2.91. The molecule has 4 nitrogen and oxygen atoms in total. The zero-order chi connectivity index (χ0) is 14.9. The van der Waals surface area contributed by atoms with Gasteiger partial charge in [-0.1, -0.05) is 12.8 Å². The van der Waals surface area contributed by atoms with E-state index in [2.05, 4.69) is 11.4 Å². The molecular weight excluding hydrogens is 266 g/mol. The fourth-order valence-corrected chi connectivity index (χ4v) is 4.19. The highest BCUT2D eigenvalue weighted by molar-refractivity contribution is 5.42. The van der Waals surface area contributed by atoms with Crippen molar-refractivity contribution in [2.45, 2.75) is 43.7 Å². The van der Waals surface area contributed by atoms with Crippen molar-refractivity contribution in [3.8, 4) is 11.5 Å². The van der Waals surface area contributed by atoms with Crippen LogP contribution in [-0.2, 0) is 0 Å². The van der Waals surface area contributed by atoms with Crippen LogP contribution in [0.3, 0.4) is 0 Å². The highest BCUT2D eigenvalue weighted by Gasteiger charge is 2.49. The zero-order valence-electron chi connectivity index (χ0n) is 13.0. The van der Waals surface area contributed by atoms with Crippen molar-refractivity contribution in [1.29, 1.82) is 0 Å². The van der Waals surface area contributed by atoms with E-state index >= 15 is 0 Å². The van der Waals surface area contributed by atoms with Gasteiger partial charge < -0.3 is 19.9 Å². The third-order valence-corrected chi connectivity index (χ3v) is 5.29. The zero-order valence-corrected chi connectivity index (χ0v) is 13.0. The first-order valence-electron chi connectivity index (χ1n) is 7.95. The summed E-state index contributed by atoms with van der Waals surface area (Å²) in [4.78, 5) is 0. The van der Waals surface area contributed by atoms with Gasteiger partial charge in [0.2, 0.25) is 0 Å². The molecule has 116 valence electrons. The van der Waals surface area contributed by atoms with Crippen LogP contribution in [0.25, 0.3) is 0 Å². The SMILES string of the molecule is COc1ccc(OC)c([C@H]2[NH2+]CC[C@]3(O)CCCC[C@@H]23)c1. The average molecular weight is 292 g/mol. The van der Waals surface area contributed by atoms with Gasteiger partial charge >= 0.3 is 0 Å². The van der Waals surface area contributed by atoms with Crippen LogP contribution < -0.4 is 14.8 Å². The predicted molar refractivity (Wildman–Crippen MR) is 80.6 cm³/mol. The summed E-state index contributed by atoms with van der Waals surface area (Å²) in [6, 6.07) is 6.23. The molecule has 3 atom stereocenters. The van der Waals surface area contributed by atoms with Crippen molar-refractivity contribution in [3.05, 3.63) is 23.8 Å². The molecular formula is C17H26NO3+. The Bertz CT molecular complexity index is 501. The van der Waals surface area contributed by atoms with Gasteiger partial charge in [0.25, 0.3) is 0 Å². The summed E-state index contributed by atoms with van der Waals surface area (Å²) in [6.45, 7) is 0.970. The second kappa shape index (κ2) is 5.85. The number of methoxy groups -OCH3 is 2. The van der Waals surface area contributed by atoms with Crippen LogP contribution in [0.1, 0.15) is 43.7 Å². The molecule has 21 heavy (non-hydrogen) atoms. The molecule has 1 heterocycles. The normalized spacial score (nSPS) is 32.3. The fourth-order valence-electron chi connectivity index (χ4n) is 4.19. The van der Waals surface area contributed by atoms with Gasteiger partial charge in [0.15, 0.2) is 0 Å². The molecule has 1 aromatic carbocycles. The number of benzene rings is 1. The van der Waals surface area contributed by atoms with E-state index in [-0.39, 0.29) is 6.04 Å². The van der Waals surface area contributed by atoms with E-state index in [4.69, 9.17) is 9.47 Å². The monoisotopic (exact) mass is 292 g/mol. The predicted octanol–water partition coefficient (Wildman–Crippen LogP) is 1.63. The summed E-state index contributed by atoms with van der Waals surface area (Å²) < 4.78 is 10.9. The van der Waals surface area contributed by atoms with Gasteiger partial charge in [-0.25, -0.2) is 0 Å². The number of hydrogen-bond donors (Lipinski definition) is 2. The molecule has 0 spiro atoms. The molecule has 4 heteroatoms. The van der Waals surface area contributed by atoms with Gasteiger partial charge in [-0.3, -0.25) is 0 Å². The highest BCUT2D eigenvalue weighted by Crippen LogP contribution is 2.45. The molecule has 0 amide bonds. The van der Waals surface area contributed by atoms with E-state index in [1.54, 1.807) is 14.2 Å². The summed E-state index contributed by atoms with van der Waals surface area (Å²) >= 11 is 0. The lowest BCUT2D eigenvalue weighted by molar-refractivity contribution is -0.719. The molecule has 1 saturated carbocycles. The Morgan fingerprint density at radius 3 is 2.81 bits per heavy atom. The average Bonchev–Trinajstić information content (AvgIpc) is 2.53. The van der Waals surface area contributed by atoms with Crippen LogP contribution in [0.2, 0.25) is 0 Å². The number of aliphatic hydroxyl groups is 1. The van der Waals surface area contributed by atoms with Gasteiger partial charge in [-0.05, 0) is 31.0 Å². The van der Waals surface area contributed by atoms with E-state index in [0.29, 0.717) is 5.92 Å². The first-order valence-corrected chi connectivity index (χ1v) is 7.95. The number of piperidine rings is 1. The molecule has 1 saturated heterocycles. The summed E-state index contributed by atoms with van der Waals surface area (Å²) in [5, 5.41) is 13.4. The van der Waals surface area contributed by atoms with Gasteiger partial charge in [0, 0.05) is 12.3 Å². The van der Waals surface area contributed by atoms with Crippen molar-refractivity contribution in [2.75, 3.05) is 20.8 Å². The first kappa shape index (κ1) is 14.7. The first-order chi connectivity index (χ1) is 10.2. The third kappa shape index (κ3) is 2.62. The highest BCUT2D eigenvalue weighted by atomic mass is 16.5. The summed E-state index contributed by atoms with van der Waals surface area (Å²) in [6.07, 6.45) is 5.30. The minimum Gasteiger partial charge on any atom is -0.497 e. The number of hydrogen-bond acceptors (Lipinski definition) is 3. The Hall–Kier alpha value is -1.26. The molecule has 0 unspecified atom stereocenters. The maximum Gasteiger partial charge on any atom is 0.128 e. The number of ether oxygens (including phenoxy) is 2. The Morgan fingerprint density at radius 1 is 1.19 bits per heavy atom. The molecule has 0 bridgehead atoms. The van der Waals surface area contributed by atoms with E-state index in [9.17, 15) is 5.11 Å². The molecule has 3 rings (SSSR count). The topological polar surface area (TPSA) is 55.3 Å². The Balaban J connectivity index is 1.98. The van der Waals surface area contributed by atoms with Crippen LogP contribution >= 0.6 is 0 Å². The number of quaternary nitrogens is 1. The van der Waals surface area contributed by atoms with Crippen molar-refractivity contribution >= 4 is 0 Å². The second-order valence-electron chi connectivity index (χ2n) is 6.36. The maximum absolute atomic E-state index is 11.0. The standard InChI is InChI=1S/C17H25NO3/c1-20-12-6-7-15(21-2)13(11-12)16-14-5-3-4-8-17(14,19)9-10-18-16/h6-7,11,14,16,18-19H,3-5,8-10H2,1-2H3/p+1/t14-,16+,17+/m0/s1. The van der Waals surface area contributed by atoms with Gasteiger partial charge in [0.1, 0.15) is 17.5 Å². The van der Waals surface area contributed by atoms with E-state index in [1.807, 2.05) is 12.1 Å². The van der Waals surface area contributed by atoms with E-state index in [0.717, 1.165) is 49.3 Å². The second-order valence-corrected chi connectivity index (χ2v) is 6.36. The molecule has 1 aromatic rings. The molecule has 1 aliphatic carbocycles. The molecule has 2 aliphatic rings. The van der Waals surface area contributed by atoms with Crippen molar-refractivity contribution < 1.29 is 19.9 Å². The smallest absolute Gasteiger partial charge is 0.128 e. The minimum absolute atomic E-state index is 0.258. The molecule has 0 aromatic heterocycles. The quantitative estimate of drug-likeness (QED) is 0.890. The van der Waals surface area contributed by atoms with E-state index in [1.165, 1.54) is 6.42 Å². The summed E-state index contributed by atoms with van der Waals surface area (Å²) in [5.74, 6) is 2.05. The molecule has 3 N–H and O–H groups in total. The Morgan fingerprint density at radius 2 is 2.05 bits per heavy atom. The van der Waals surface area contributed by atoms with Gasteiger partial charge in [0.05, 0.1) is 31.9 Å². The number of fused-ring (bicyclic) bond motifs is 1. The molecule has 2 fully saturated rings. The van der Waals surface area contributed by atoms with Crippen LogP contribution in [-0.4, -0.2) is 31.5 Å². The lowest BCUT2D eigenvalue weighted by atomic mass is 9.66. The van der Waals surface area contributed by atoms with Crippen molar-refractivity contribution in [3.63, 3.8) is 0 Å². The van der Waals surface area contributed by atoms with Crippen LogP contribution in [0.4, 0.5) is 0 Å². The van der Waals surface area contributed by atoms with E-state index < -0.39 is 5.60 Å². The Labute approximate surface area is 126 Å². The largest absolute Gasteiger partial charge is 0.497 e. The van der Waals surface area contributed by atoms with Crippen molar-refractivity contribution in [1.82, 2.24) is 0 Å².